The van der Waals surface area contributed by atoms with Crippen LogP contribution in [-0.4, -0.2) is 22.9 Å². The van der Waals surface area contributed by atoms with E-state index in [1.165, 1.54) is 0 Å². The normalized spacial score (nSPS) is 12.1. The van der Waals surface area contributed by atoms with Crippen molar-refractivity contribution in [3.8, 4) is 5.75 Å². The molecule has 0 bridgehead atoms. The number of fused-ring (bicyclic) bond motifs is 1. The molecule has 0 spiro atoms. The van der Waals surface area contributed by atoms with Gasteiger partial charge in [-0.15, -0.1) is 0 Å². The first-order chi connectivity index (χ1) is 18.0. The smallest absolute Gasteiger partial charge is 0.418 e. The van der Waals surface area contributed by atoms with Gasteiger partial charge in [-0.3, -0.25) is 14.9 Å². The van der Waals surface area contributed by atoms with E-state index >= 15 is 0 Å². The zero-order valence-electron chi connectivity index (χ0n) is 19.7. The summed E-state index contributed by atoms with van der Waals surface area (Å²) >= 11 is 0. The molecule has 196 valence electrons. The van der Waals surface area contributed by atoms with Crippen molar-refractivity contribution in [1.82, 2.24) is 0 Å². The summed E-state index contributed by atoms with van der Waals surface area (Å²) < 4.78 is 56.9. The zero-order valence-corrected chi connectivity index (χ0v) is 19.7. The average molecular weight is 528 g/mol. The maximum absolute atomic E-state index is 13.4. The number of hydrogen-bond acceptors (Lipinski definition) is 7. The number of esters is 1. The van der Waals surface area contributed by atoms with Gasteiger partial charge in [0.25, 0.3) is 11.6 Å². The largest absolute Gasteiger partial charge is 0.489 e. The fourth-order valence-corrected chi connectivity index (χ4v) is 3.57. The number of nitrogens with zero attached hydrogens (tertiary/aromatic N) is 1. The molecule has 12 heteroatoms. The van der Waals surface area contributed by atoms with Gasteiger partial charge in [0.05, 0.1) is 21.7 Å². The fraction of sp³-hybridized carbons (Fsp3) is 0.154. The quantitative estimate of drug-likeness (QED) is 0.166. The van der Waals surface area contributed by atoms with Crippen LogP contribution < -0.4 is 10.1 Å². The Bertz CT molecular complexity index is 1500. The number of halogens is 3. The SMILES string of the molecule is C[C@H](OC(=O)c1oc2ccccc2c1COc1ccccc1)C(=O)Nc1ccc([N+](=O)[O-])cc1C(F)(F)F. The van der Waals surface area contributed by atoms with Gasteiger partial charge in [0.15, 0.2) is 6.10 Å². The standard InChI is InChI=1S/C26H19F3N2O7/c1-15(24(32)30-21-12-11-16(31(34)35)13-20(21)26(27,28)29)37-25(33)23-19(14-36-17-7-3-2-4-8-17)18-9-5-6-10-22(18)38-23/h2-13,15H,14H2,1H3,(H,30,32)/t15-/m0/s1. The van der Waals surface area contributed by atoms with Crippen LogP contribution >= 0.6 is 0 Å². The molecule has 1 N–H and O–H groups in total. The monoisotopic (exact) mass is 528 g/mol. The highest BCUT2D eigenvalue weighted by molar-refractivity contribution is 5.99. The number of amides is 1. The Labute approximate surface area is 212 Å². The summed E-state index contributed by atoms with van der Waals surface area (Å²) in [7, 11) is 0. The minimum atomic E-state index is -4.99. The Balaban J connectivity index is 1.53. The minimum Gasteiger partial charge on any atom is -0.489 e. The molecule has 0 unspecified atom stereocenters. The third kappa shape index (κ3) is 5.75. The fourth-order valence-electron chi connectivity index (χ4n) is 3.57. The van der Waals surface area contributed by atoms with Crippen molar-refractivity contribution >= 4 is 34.2 Å². The van der Waals surface area contributed by atoms with Crippen LogP contribution in [0, 0.1) is 10.1 Å². The van der Waals surface area contributed by atoms with E-state index in [1.807, 2.05) is 11.4 Å². The Morgan fingerprint density at radius 2 is 1.74 bits per heavy atom. The molecule has 4 rings (SSSR count). The van der Waals surface area contributed by atoms with E-state index in [1.54, 1.807) is 48.5 Å². The predicted octanol–water partition coefficient (Wildman–Crippen LogP) is 6.12. The van der Waals surface area contributed by atoms with Gasteiger partial charge in [-0.1, -0.05) is 36.4 Å². The maximum atomic E-state index is 13.4. The van der Waals surface area contributed by atoms with Crippen LogP contribution in [0.15, 0.2) is 77.2 Å². The van der Waals surface area contributed by atoms with Gasteiger partial charge in [0.2, 0.25) is 5.76 Å². The maximum Gasteiger partial charge on any atom is 0.418 e. The minimum absolute atomic E-state index is 0.0657. The number of rotatable bonds is 8. The molecular weight excluding hydrogens is 509 g/mol. The Kier molecular flexibility index (Phi) is 7.33. The molecule has 0 aliphatic carbocycles. The summed E-state index contributed by atoms with van der Waals surface area (Å²) in [5.74, 6) is -1.81. The Morgan fingerprint density at radius 1 is 1.05 bits per heavy atom. The topological polar surface area (TPSA) is 121 Å². The first-order valence-corrected chi connectivity index (χ1v) is 11.1. The van der Waals surface area contributed by atoms with Crippen LogP contribution in [0.3, 0.4) is 0 Å². The summed E-state index contributed by atoms with van der Waals surface area (Å²) in [6, 6.07) is 17.4. The molecule has 1 heterocycles. The highest BCUT2D eigenvalue weighted by atomic mass is 19.4. The third-order valence-electron chi connectivity index (χ3n) is 5.44. The first kappa shape index (κ1) is 26.2. The molecule has 0 fully saturated rings. The van der Waals surface area contributed by atoms with Crippen LogP contribution in [0.25, 0.3) is 11.0 Å². The van der Waals surface area contributed by atoms with Crippen molar-refractivity contribution in [3.63, 3.8) is 0 Å². The molecule has 0 aliphatic heterocycles. The number of furan rings is 1. The van der Waals surface area contributed by atoms with Gasteiger partial charge < -0.3 is 19.2 Å². The van der Waals surface area contributed by atoms with E-state index < -0.39 is 46.0 Å². The lowest BCUT2D eigenvalue weighted by molar-refractivity contribution is -0.385. The van der Waals surface area contributed by atoms with Crippen LogP contribution in [0.2, 0.25) is 0 Å². The van der Waals surface area contributed by atoms with E-state index in [2.05, 4.69) is 0 Å². The lowest BCUT2D eigenvalue weighted by Crippen LogP contribution is -2.31. The summed E-state index contributed by atoms with van der Waals surface area (Å²) in [5.41, 5.74) is -2.22. The molecule has 0 aliphatic rings. The van der Waals surface area contributed by atoms with Gasteiger partial charge in [-0.05, 0) is 31.2 Å². The number of carbonyl (C=O) groups is 2. The lowest BCUT2D eigenvalue weighted by Gasteiger charge is -2.16. The van der Waals surface area contributed by atoms with Crippen molar-refractivity contribution in [1.29, 1.82) is 0 Å². The summed E-state index contributed by atoms with van der Waals surface area (Å²) in [6.07, 6.45) is -6.54. The van der Waals surface area contributed by atoms with Crippen molar-refractivity contribution in [2.45, 2.75) is 25.8 Å². The van der Waals surface area contributed by atoms with E-state index in [9.17, 15) is 32.9 Å². The second-order valence-corrected chi connectivity index (χ2v) is 8.03. The molecule has 9 nitrogen and oxygen atoms in total. The van der Waals surface area contributed by atoms with Crippen molar-refractivity contribution in [2.75, 3.05) is 5.32 Å². The van der Waals surface area contributed by atoms with Gasteiger partial charge in [-0.2, -0.15) is 13.2 Å². The van der Waals surface area contributed by atoms with E-state index in [0.29, 0.717) is 28.3 Å². The molecule has 38 heavy (non-hydrogen) atoms. The van der Waals surface area contributed by atoms with Gasteiger partial charge >= 0.3 is 12.1 Å². The predicted molar refractivity (Wildman–Crippen MR) is 129 cm³/mol. The number of benzene rings is 3. The summed E-state index contributed by atoms with van der Waals surface area (Å²) in [4.78, 5) is 35.4. The number of carbonyl (C=O) groups excluding carboxylic acids is 2. The van der Waals surface area contributed by atoms with Crippen LogP contribution in [0.5, 0.6) is 5.75 Å². The number of nitro groups is 1. The van der Waals surface area contributed by atoms with Crippen LogP contribution in [0.4, 0.5) is 24.5 Å². The molecule has 1 aromatic heterocycles. The number of anilines is 1. The third-order valence-corrected chi connectivity index (χ3v) is 5.44. The second-order valence-electron chi connectivity index (χ2n) is 8.03. The van der Waals surface area contributed by atoms with Gasteiger partial charge in [0, 0.05) is 17.5 Å². The van der Waals surface area contributed by atoms with Crippen LogP contribution in [0.1, 0.15) is 28.6 Å². The molecule has 0 saturated carbocycles. The van der Waals surface area contributed by atoms with Crippen molar-refractivity contribution < 1.29 is 41.6 Å². The molecule has 0 saturated heterocycles. The van der Waals surface area contributed by atoms with E-state index in [0.717, 1.165) is 19.1 Å². The number of para-hydroxylation sites is 2. The molecule has 1 amide bonds. The van der Waals surface area contributed by atoms with Gasteiger partial charge in [0.1, 0.15) is 17.9 Å². The van der Waals surface area contributed by atoms with Gasteiger partial charge in [-0.25, -0.2) is 4.79 Å². The number of nitro benzene ring substituents is 1. The number of nitrogens with one attached hydrogen (secondary N) is 1. The highest BCUT2D eigenvalue weighted by Crippen LogP contribution is 2.37. The Morgan fingerprint density at radius 3 is 2.42 bits per heavy atom. The van der Waals surface area contributed by atoms with E-state index in [4.69, 9.17) is 13.9 Å². The number of alkyl halides is 3. The second kappa shape index (κ2) is 10.6. The first-order valence-electron chi connectivity index (χ1n) is 11.1. The van der Waals surface area contributed by atoms with Crippen LogP contribution in [-0.2, 0) is 22.3 Å². The molecule has 0 radical (unpaired) electrons. The molecule has 1 atom stereocenters. The highest BCUT2D eigenvalue weighted by Gasteiger charge is 2.36. The molecule has 3 aromatic carbocycles. The molecular formula is C26H19F3N2O7. The summed E-state index contributed by atoms with van der Waals surface area (Å²) in [6.45, 7) is 1.10. The molecule has 4 aromatic rings. The van der Waals surface area contributed by atoms with Crippen molar-refractivity contribution in [2.24, 2.45) is 0 Å². The van der Waals surface area contributed by atoms with Crippen molar-refractivity contribution in [3.05, 3.63) is 99.8 Å². The number of non-ortho nitro benzene ring substituents is 1. The Hall–Kier alpha value is -4.87. The average Bonchev–Trinajstić information content (AvgIpc) is 3.26. The number of hydrogen-bond donors (Lipinski definition) is 1. The lowest BCUT2D eigenvalue weighted by atomic mass is 10.1. The zero-order chi connectivity index (χ0) is 27.4. The summed E-state index contributed by atoms with van der Waals surface area (Å²) in [5, 5.41) is 13.5. The van der Waals surface area contributed by atoms with E-state index in [-0.39, 0.29) is 12.4 Å². The number of ether oxygens (including phenoxy) is 2.